The van der Waals surface area contributed by atoms with E-state index in [2.05, 4.69) is 38.4 Å². The van der Waals surface area contributed by atoms with E-state index in [0.29, 0.717) is 0 Å². The summed E-state index contributed by atoms with van der Waals surface area (Å²) < 4.78 is 2.98. The number of amides is 1. The monoisotopic (exact) mass is 426 g/mol. The molecule has 2 atom stereocenters. The number of anilines is 1. The van der Waals surface area contributed by atoms with Gasteiger partial charge in [-0.05, 0) is 53.8 Å². The summed E-state index contributed by atoms with van der Waals surface area (Å²) in [4.78, 5) is 16.8. The number of fused-ring (bicyclic) bond motifs is 1. The summed E-state index contributed by atoms with van der Waals surface area (Å²) in [6.45, 7) is 0. The number of nitrogens with one attached hydrogen (secondary N) is 1. The molecule has 0 bridgehead atoms. The minimum Gasteiger partial charge on any atom is -0.334 e. The fourth-order valence-electron chi connectivity index (χ4n) is 3.75. The molecule has 1 aliphatic rings. The lowest BCUT2D eigenvalue weighted by atomic mass is 9.93. The Labute approximate surface area is 168 Å². The van der Waals surface area contributed by atoms with Crippen LogP contribution in [0.3, 0.4) is 0 Å². The largest absolute Gasteiger partial charge is 0.334 e. The van der Waals surface area contributed by atoms with Crippen LogP contribution >= 0.6 is 15.9 Å². The Bertz CT molecular complexity index is 986. The number of carbonyl (C=O) groups excluding carboxylic acids is 1. The summed E-state index contributed by atoms with van der Waals surface area (Å²) in [6, 6.07) is 13.4. The maximum Gasteiger partial charge on any atom is 0.241 e. The van der Waals surface area contributed by atoms with Gasteiger partial charge in [0, 0.05) is 24.6 Å². The van der Waals surface area contributed by atoms with Crippen LogP contribution in [0, 0.1) is 0 Å². The molecule has 4 rings (SSSR count). The van der Waals surface area contributed by atoms with Crippen molar-refractivity contribution in [3.05, 3.63) is 70.6 Å². The zero-order valence-corrected chi connectivity index (χ0v) is 16.6. The zero-order valence-electron chi connectivity index (χ0n) is 15.0. The van der Waals surface area contributed by atoms with Gasteiger partial charge in [-0.3, -0.25) is 4.79 Å². The molecule has 0 radical (unpaired) electrons. The van der Waals surface area contributed by atoms with Crippen LogP contribution in [0.1, 0.15) is 24.9 Å². The smallest absolute Gasteiger partial charge is 0.241 e. The molecule has 3 N–H and O–H groups in total. The highest BCUT2D eigenvalue weighted by Gasteiger charge is 2.32. The van der Waals surface area contributed by atoms with Crippen molar-refractivity contribution in [2.24, 2.45) is 12.8 Å². The average Bonchev–Trinajstić information content (AvgIpc) is 3.27. The highest BCUT2D eigenvalue weighted by Crippen LogP contribution is 2.36. The first-order valence-corrected chi connectivity index (χ1v) is 9.74. The van der Waals surface area contributed by atoms with Gasteiger partial charge in [0.05, 0.1) is 24.3 Å². The molecule has 27 heavy (non-hydrogen) atoms. The van der Waals surface area contributed by atoms with Gasteiger partial charge in [-0.1, -0.05) is 34.1 Å². The van der Waals surface area contributed by atoms with E-state index in [1.54, 1.807) is 6.33 Å². The Morgan fingerprint density at radius 2 is 2.11 bits per heavy atom. The minimum absolute atomic E-state index is 0. The van der Waals surface area contributed by atoms with Gasteiger partial charge in [0.2, 0.25) is 5.91 Å². The molecule has 140 valence electrons. The lowest BCUT2D eigenvalue weighted by molar-refractivity contribution is -0.117. The van der Waals surface area contributed by atoms with Crippen molar-refractivity contribution in [2.45, 2.75) is 24.8 Å². The normalized spacial score (nSPS) is 16.8. The predicted octanol–water partition coefficient (Wildman–Crippen LogP) is 4.09. The number of rotatable bonds is 4. The summed E-state index contributed by atoms with van der Waals surface area (Å²) in [5, 5.41) is 2.95. The molecule has 0 saturated carbocycles. The Morgan fingerprint density at radius 1 is 1.33 bits per heavy atom. The van der Waals surface area contributed by atoms with Crippen molar-refractivity contribution in [3.63, 3.8) is 0 Å². The molecule has 0 saturated heterocycles. The number of carbonyl (C=O) groups is 1. The van der Waals surface area contributed by atoms with Crippen LogP contribution in [0.4, 0.5) is 5.69 Å². The molecule has 1 aliphatic carbocycles. The van der Waals surface area contributed by atoms with Gasteiger partial charge in [0.15, 0.2) is 0 Å². The van der Waals surface area contributed by atoms with E-state index in [1.807, 2.05) is 48.1 Å². The third-order valence-corrected chi connectivity index (χ3v) is 5.73. The highest BCUT2D eigenvalue weighted by atomic mass is 79.9. The molecule has 0 fully saturated rings. The SMILES string of the molecule is Cn1cncc1-c1ccc(NC(=O)[C@@H](N)[C@@H]2CCc3ccc(Br)cc32)cc1.[HH]. The summed E-state index contributed by atoms with van der Waals surface area (Å²) in [5.41, 5.74) is 11.6. The maximum atomic E-state index is 12.7. The van der Waals surface area contributed by atoms with Crippen LogP contribution in [0.25, 0.3) is 11.3 Å². The number of aryl methyl sites for hydroxylation is 2. The quantitative estimate of drug-likeness (QED) is 0.659. The van der Waals surface area contributed by atoms with E-state index in [-0.39, 0.29) is 13.3 Å². The predicted molar refractivity (Wildman–Crippen MR) is 113 cm³/mol. The first-order valence-electron chi connectivity index (χ1n) is 8.94. The van der Waals surface area contributed by atoms with Crippen molar-refractivity contribution >= 4 is 27.5 Å². The molecule has 0 spiro atoms. The third kappa shape index (κ3) is 3.55. The van der Waals surface area contributed by atoms with Crippen molar-refractivity contribution < 1.29 is 6.22 Å². The Morgan fingerprint density at radius 3 is 2.81 bits per heavy atom. The molecular formula is C21H23BrN4O. The van der Waals surface area contributed by atoms with E-state index in [9.17, 15) is 4.79 Å². The number of aromatic nitrogens is 2. The topological polar surface area (TPSA) is 72.9 Å². The van der Waals surface area contributed by atoms with Crippen LogP contribution in [0.5, 0.6) is 0 Å². The summed E-state index contributed by atoms with van der Waals surface area (Å²) >= 11 is 3.51. The number of halogens is 1. The summed E-state index contributed by atoms with van der Waals surface area (Å²) in [5.74, 6) is -0.104. The molecule has 1 amide bonds. The van der Waals surface area contributed by atoms with Gasteiger partial charge >= 0.3 is 0 Å². The molecule has 5 nitrogen and oxygen atoms in total. The van der Waals surface area contributed by atoms with E-state index in [0.717, 1.165) is 34.3 Å². The summed E-state index contributed by atoms with van der Waals surface area (Å²) in [7, 11) is 1.95. The van der Waals surface area contributed by atoms with Gasteiger partial charge < -0.3 is 15.6 Å². The first kappa shape index (κ1) is 17.9. The van der Waals surface area contributed by atoms with Crippen LogP contribution in [0.2, 0.25) is 0 Å². The lowest BCUT2D eigenvalue weighted by Gasteiger charge is -2.20. The Kier molecular flexibility index (Phi) is 4.85. The van der Waals surface area contributed by atoms with Gasteiger partial charge in [-0.25, -0.2) is 4.98 Å². The fourth-order valence-corrected chi connectivity index (χ4v) is 4.12. The fraction of sp³-hybridized carbons (Fsp3) is 0.238. The van der Waals surface area contributed by atoms with Gasteiger partial charge in [-0.2, -0.15) is 0 Å². The first-order chi connectivity index (χ1) is 13.0. The van der Waals surface area contributed by atoms with Crippen molar-refractivity contribution in [1.29, 1.82) is 0 Å². The third-order valence-electron chi connectivity index (χ3n) is 5.23. The number of hydrogen-bond acceptors (Lipinski definition) is 3. The van der Waals surface area contributed by atoms with E-state index < -0.39 is 6.04 Å². The van der Waals surface area contributed by atoms with Gasteiger partial charge in [-0.15, -0.1) is 0 Å². The van der Waals surface area contributed by atoms with E-state index in [1.165, 1.54) is 11.1 Å². The van der Waals surface area contributed by atoms with E-state index >= 15 is 0 Å². The number of imidazole rings is 1. The van der Waals surface area contributed by atoms with E-state index in [4.69, 9.17) is 5.73 Å². The number of hydrogen-bond donors (Lipinski definition) is 2. The number of benzene rings is 2. The highest BCUT2D eigenvalue weighted by molar-refractivity contribution is 9.10. The minimum atomic E-state index is -0.572. The maximum absolute atomic E-state index is 12.7. The molecule has 1 aromatic heterocycles. The molecular weight excluding hydrogens is 404 g/mol. The van der Waals surface area contributed by atoms with Crippen molar-refractivity contribution in [1.82, 2.24) is 9.55 Å². The van der Waals surface area contributed by atoms with Crippen LogP contribution < -0.4 is 11.1 Å². The van der Waals surface area contributed by atoms with Crippen LogP contribution in [-0.2, 0) is 18.3 Å². The van der Waals surface area contributed by atoms with Crippen LogP contribution in [0.15, 0.2) is 59.5 Å². The number of nitrogens with zero attached hydrogens (tertiary/aromatic N) is 2. The average molecular weight is 427 g/mol. The molecule has 0 unspecified atom stereocenters. The second-order valence-electron chi connectivity index (χ2n) is 6.97. The van der Waals surface area contributed by atoms with Crippen molar-refractivity contribution in [3.8, 4) is 11.3 Å². The molecule has 6 heteroatoms. The zero-order chi connectivity index (χ0) is 19.0. The standard InChI is InChI=1S/C21H21BrN4O.H2/c1-26-12-24-11-19(26)14-3-7-16(8-4-14)25-21(27)20(23)17-9-5-13-2-6-15(22)10-18(13)17;/h2-4,6-8,10-12,17,20H,5,9,23H2,1H3,(H,25,27);1H/t17-,20+;/m1./s1. The van der Waals surface area contributed by atoms with Crippen molar-refractivity contribution in [2.75, 3.05) is 5.32 Å². The van der Waals surface area contributed by atoms with Crippen LogP contribution in [-0.4, -0.2) is 21.5 Å². The number of nitrogens with two attached hydrogens (primary N) is 1. The van der Waals surface area contributed by atoms with Gasteiger partial charge in [0.25, 0.3) is 0 Å². The Hall–Kier alpha value is -2.44. The second-order valence-corrected chi connectivity index (χ2v) is 7.89. The Balaban J connectivity index is 0.00000225. The molecule has 0 aliphatic heterocycles. The lowest BCUT2D eigenvalue weighted by Crippen LogP contribution is -2.40. The van der Waals surface area contributed by atoms with Gasteiger partial charge in [0.1, 0.15) is 0 Å². The molecule has 3 aromatic rings. The molecule has 1 heterocycles. The summed E-state index contributed by atoms with van der Waals surface area (Å²) in [6.07, 6.45) is 5.45. The second kappa shape index (κ2) is 7.29. The molecule has 2 aromatic carbocycles.